The molecule has 7 aliphatic rings. The van der Waals surface area contributed by atoms with E-state index in [1.54, 1.807) is 0 Å². The lowest BCUT2D eigenvalue weighted by Crippen LogP contribution is -2.73. The number of carbonyl (C=O) groups excluding carboxylic acids is 2. The fourth-order valence-corrected chi connectivity index (χ4v) is 17.5. The maximum Gasteiger partial charge on any atom is 0.309 e. The summed E-state index contributed by atoms with van der Waals surface area (Å²) < 4.78 is 30.4. The monoisotopic (exact) mass is 891 g/mol. The van der Waals surface area contributed by atoms with Gasteiger partial charge in [0.1, 0.15) is 6.10 Å². The number of fused-ring (bicyclic) bond motifs is 7. The number of carboxylic acids is 1. The highest BCUT2D eigenvalue weighted by Gasteiger charge is 2.77. The van der Waals surface area contributed by atoms with Gasteiger partial charge in [0.25, 0.3) is 0 Å². The highest BCUT2D eigenvalue weighted by molar-refractivity contribution is 7.91. The van der Waals surface area contributed by atoms with Crippen LogP contribution in [0.4, 0.5) is 5.69 Å². The number of esters is 1. The Bertz CT molecular complexity index is 2170. The number of hydrogen-bond donors (Lipinski definition) is 3. The van der Waals surface area contributed by atoms with Crippen molar-refractivity contribution >= 4 is 33.2 Å². The summed E-state index contributed by atoms with van der Waals surface area (Å²) in [6.07, 6.45) is 7.25. The fourth-order valence-electron chi connectivity index (χ4n) is 16.3. The van der Waals surface area contributed by atoms with Crippen LogP contribution in [0.5, 0.6) is 0 Å². The Morgan fingerprint density at radius 1 is 0.825 bits per heavy atom. The third-order valence-electron chi connectivity index (χ3n) is 21.6. The van der Waals surface area contributed by atoms with E-state index in [4.69, 9.17) is 4.74 Å². The van der Waals surface area contributed by atoms with Gasteiger partial charge < -0.3 is 25.2 Å². The lowest BCUT2D eigenvalue weighted by atomic mass is 9.25. The van der Waals surface area contributed by atoms with E-state index in [-0.39, 0.29) is 73.7 Å². The third-order valence-corrected chi connectivity index (χ3v) is 23.2. The Kier molecular flexibility index (Phi) is 11.2. The van der Waals surface area contributed by atoms with E-state index in [0.717, 1.165) is 68.2 Å². The predicted octanol–water partition coefficient (Wildman–Crippen LogP) is 8.79. The fraction of sp³-hybridized carbons (Fsp3) is 0.788. The van der Waals surface area contributed by atoms with Crippen LogP contribution in [0, 0.1) is 67.0 Å². The molecule has 0 spiro atoms. The van der Waals surface area contributed by atoms with Crippen molar-refractivity contribution in [3.63, 3.8) is 0 Å². The van der Waals surface area contributed by atoms with Gasteiger partial charge in [-0.3, -0.25) is 14.4 Å². The van der Waals surface area contributed by atoms with Crippen molar-refractivity contribution in [1.29, 1.82) is 0 Å². The van der Waals surface area contributed by atoms with Crippen LogP contribution in [-0.2, 0) is 35.5 Å². The molecular weight excluding hydrogens is 813 g/mol. The van der Waals surface area contributed by atoms with Crippen LogP contribution in [0.3, 0.4) is 0 Å². The molecule has 11 atom stereocenters. The molecular formula is C52H78N2O8S. The maximum atomic E-state index is 14.3. The zero-order valence-electron chi connectivity index (χ0n) is 40.3. The van der Waals surface area contributed by atoms with Gasteiger partial charge in [-0.15, -0.1) is 0 Å². The van der Waals surface area contributed by atoms with E-state index >= 15 is 0 Å². The minimum Gasteiger partial charge on any atom is -0.481 e. The van der Waals surface area contributed by atoms with Crippen molar-refractivity contribution in [3.8, 4) is 0 Å². The summed E-state index contributed by atoms with van der Waals surface area (Å²) in [6.45, 7) is 27.5. The van der Waals surface area contributed by atoms with Gasteiger partial charge in [0.2, 0.25) is 0 Å². The van der Waals surface area contributed by atoms with Crippen molar-refractivity contribution in [2.24, 2.45) is 67.0 Å². The van der Waals surface area contributed by atoms with E-state index in [1.165, 1.54) is 5.57 Å². The zero-order chi connectivity index (χ0) is 46.1. The summed E-state index contributed by atoms with van der Waals surface area (Å²) in [4.78, 5) is 42.1. The lowest BCUT2D eigenvalue weighted by molar-refractivity contribution is -0.312. The van der Waals surface area contributed by atoms with E-state index in [9.17, 15) is 33.0 Å². The molecule has 0 radical (unpaired) electrons. The molecule has 350 valence electrons. The number of anilines is 1. The SMILES string of the molecule is CC(C)C1=C2[C@H]3CC[C@]4(C)[C@@]5(C)CC[C@H](OC(=O)[C@H]6C[C@@H](C(=O)O)C6(C)C)C(C)(C)[C@]5(C)CC[C@@]4(C)[C@]3(C)CC[C@@]2([C@@H](O)CNCc2ccc(N3CCS(=O)(=O)CC3)cc2)CC1=O. The van der Waals surface area contributed by atoms with Crippen molar-refractivity contribution < 1.29 is 37.8 Å². The van der Waals surface area contributed by atoms with Gasteiger partial charge in [-0.1, -0.05) is 93.9 Å². The molecule has 1 heterocycles. The molecule has 0 bridgehead atoms. The highest BCUT2D eigenvalue weighted by Crippen LogP contribution is 2.84. The number of ether oxygens (including phenoxy) is 1. The maximum absolute atomic E-state index is 14.3. The predicted molar refractivity (Wildman–Crippen MR) is 247 cm³/mol. The van der Waals surface area contributed by atoms with Crippen LogP contribution in [0.2, 0.25) is 0 Å². The van der Waals surface area contributed by atoms with Crippen molar-refractivity contribution in [2.45, 2.75) is 159 Å². The number of nitrogens with zero attached hydrogens (tertiary/aromatic N) is 1. The second-order valence-corrected chi connectivity index (χ2v) is 26.5. The molecule has 5 saturated carbocycles. The molecule has 8 rings (SSSR count). The number of Topliss-reactive ketones (excluding diaryl/α,β-unsaturated/α-hetero) is 1. The molecule has 1 saturated heterocycles. The van der Waals surface area contributed by atoms with Crippen LogP contribution >= 0.6 is 0 Å². The second kappa shape index (κ2) is 15.1. The number of benzene rings is 1. The molecule has 3 N–H and O–H groups in total. The summed E-state index contributed by atoms with van der Waals surface area (Å²) >= 11 is 0. The number of carbonyl (C=O) groups is 3. The molecule has 10 nitrogen and oxygen atoms in total. The Balaban J connectivity index is 1.02. The molecule has 1 aromatic rings. The average molecular weight is 891 g/mol. The number of hydrogen-bond acceptors (Lipinski definition) is 9. The summed E-state index contributed by atoms with van der Waals surface area (Å²) in [6, 6.07) is 8.26. The average Bonchev–Trinajstić information content (AvgIpc) is 3.52. The quantitative estimate of drug-likeness (QED) is 0.195. The summed E-state index contributed by atoms with van der Waals surface area (Å²) in [5.74, 6) is -1.18. The number of carboxylic acid groups (broad SMARTS) is 1. The first kappa shape index (κ1) is 46.8. The van der Waals surface area contributed by atoms with Crippen LogP contribution in [0.25, 0.3) is 0 Å². The summed E-state index contributed by atoms with van der Waals surface area (Å²) in [5, 5.41) is 25.7. The smallest absolute Gasteiger partial charge is 0.309 e. The topological polar surface area (TPSA) is 150 Å². The van der Waals surface area contributed by atoms with Gasteiger partial charge >= 0.3 is 11.9 Å². The Morgan fingerprint density at radius 2 is 1.43 bits per heavy atom. The van der Waals surface area contributed by atoms with Crippen LogP contribution in [0.1, 0.15) is 146 Å². The molecule has 0 unspecified atom stereocenters. The van der Waals surface area contributed by atoms with Crippen molar-refractivity contribution in [3.05, 3.63) is 41.0 Å². The molecule has 0 amide bonds. The normalized spacial score (nSPS) is 41.7. The lowest BCUT2D eigenvalue weighted by Gasteiger charge is -2.79. The second-order valence-electron chi connectivity index (χ2n) is 24.2. The number of aliphatic hydroxyl groups excluding tert-OH is 1. The molecule has 6 aliphatic carbocycles. The van der Waals surface area contributed by atoms with Gasteiger partial charge in [0.05, 0.1) is 29.4 Å². The van der Waals surface area contributed by atoms with Crippen LogP contribution in [-0.4, -0.2) is 79.7 Å². The Hall–Kier alpha value is -2.76. The highest BCUT2D eigenvalue weighted by atomic mass is 32.2. The van der Waals surface area contributed by atoms with E-state index in [1.807, 2.05) is 13.8 Å². The van der Waals surface area contributed by atoms with E-state index in [2.05, 4.69) is 96.8 Å². The first-order valence-corrected chi connectivity index (χ1v) is 26.1. The summed E-state index contributed by atoms with van der Waals surface area (Å²) in [7, 11) is -2.95. The molecule has 63 heavy (non-hydrogen) atoms. The molecule has 0 aromatic heterocycles. The van der Waals surface area contributed by atoms with Crippen molar-refractivity contribution in [2.75, 3.05) is 36.0 Å². The number of allylic oxidation sites excluding steroid dienone is 1. The minimum absolute atomic E-state index is 0.0439. The van der Waals surface area contributed by atoms with E-state index < -0.39 is 44.6 Å². The standard InChI is InChI=1S/C52H78N2O8S/c1-32(2)41-38(55)29-52(39(56)31-53-30-33-12-14-34(15-13-33)54-24-26-63(60,61)27-25-54)23-20-47(7)35(42(41)52)16-18-51(11)49(47,9)22-21-48(8)46(5,6)40(17-19-50(48,51)10)62-44(59)37-28-36(43(57)58)45(37,3)4/h12-15,32,35-37,39-40,53,56H,16-31H2,1-11H3,(H,57,58)/t35-,36+,37-,39+,40+,47-,48+,49+,50+,51+,52+/m1/s1. The van der Waals surface area contributed by atoms with Gasteiger partial charge in [-0.05, 0) is 125 Å². The van der Waals surface area contributed by atoms with Crippen LogP contribution in [0.15, 0.2) is 35.4 Å². The molecule has 6 fully saturated rings. The number of sulfone groups is 1. The molecule has 1 aromatic carbocycles. The first-order chi connectivity index (χ1) is 29.2. The number of rotatable bonds is 10. The van der Waals surface area contributed by atoms with E-state index in [0.29, 0.717) is 39.0 Å². The van der Waals surface area contributed by atoms with Gasteiger partial charge in [0.15, 0.2) is 15.6 Å². The van der Waals surface area contributed by atoms with Gasteiger partial charge in [-0.25, -0.2) is 8.42 Å². The largest absolute Gasteiger partial charge is 0.481 e. The summed E-state index contributed by atoms with van der Waals surface area (Å²) in [5.41, 5.74) is 2.42. The van der Waals surface area contributed by atoms with Gasteiger partial charge in [-0.2, -0.15) is 0 Å². The molecule has 11 heteroatoms. The van der Waals surface area contributed by atoms with Crippen LogP contribution < -0.4 is 10.2 Å². The number of ketones is 1. The zero-order valence-corrected chi connectivity index (χ0v) is 41.1. The third kappa shape index (κ3) is 6.47. The minimum atomic E-state index is -2.95. The Labute approximate surface area is 378 Å². The van der Waals surface area contributed by atoms with Crippen molar-refractivity contribution in [1.82, 2.24) is 5.32 Å². The number of aliphatic carboxylic acids is 1. The Morgan fingerprint density at radius 3 is 2.03 bits per heavy atom. The first-order valence-electron chi connectivity index (χ1n) is 24.3. The number of aliphatic hydroxyl groups is 1. The molecule has 1 aliphatic heterocycles. The number of nitrogens with one attached hydrogen (secondary N) is 1. The van der Waals surface area contributed by atoms with Gasteiger partial charge in [0, 0.05) is 49.1 Å².